The predicted octanol–water partition coefficient (Wildman–Crippen LogP) is 4.87. The van der Waals surface area contributed by atoms with Crippen molar-refractivity contribution in [3.63, 3.8) is 0 Å². The molecule has 164 valence electrons. The molecule has 5 rings (SSSR count). The first-order valence-corrected chi connectivity index (χ1v) is 11.1. The quantitative estimate of drug-likeness (QED) is 0.424. The smallest absolute Gasteiger partial charge is 0.124 e. The van der Waals surface area contributed by atoms with Crippen molar-refractivity contribution in [1.82, 2.24) is 0 Å². The second-order valence-electron chi connectivity index (χ2n) is 9.18. The highest BCUT2D eigenvalue weighted by molar-refractivity contribution is 5.35. The van der Waals surface area contributed by atoms with Gasteiger partial charge in [-0.2, -0.15) is 0 Å². The van der Waals surface area contributed by atoms with Crippen LogP contribution in [0.2, 0.25) is 0 Å². The molecule has 0 bridgehead atoms. The fraction of sp³-hybridized carbons (Fsp3) is 0.440. The zero-order chi connectivity index (χ0) is 21.5. The highest BCUT2D eigenvalue weighted by atomic mass is 16.3. The number of furan rings is 3. The van der Waals surface area contributed by atoms with E-state index in [1.165, 1.54) is 18.4 Å². The summed E-state index contributed by atoms with van der Waals surface area (Å²) in [6.07, 6.45) is 11.3. The third kappa shape index (κ3) is 4.15. The van der Waals surface area contributed by atoms with Crippen LogP contribution in [-0.4, -0.2) is 0 Å². The summed E-state index contributed by atoms with van der Waals surface area (Å²) in [4.78, 5) is 0. The molecule has 6 nitrogen and oxygen atoms in total. The van der Waals surface area contributed by atoms with Crippen LogP contribution < -0.4 is 17.2 Å². The Balaban J connectivity index is 1.26. The van der Waals surface area contributed by atoms with E-state index in [-0.39, 0.29) is 18.1 Å². The Morgan fingerprint density at radius 2 is 1.77 bits per heavy atom. The zero-order valence-electron chi connectivity index (χ0n) is 17.9. The van der Waals surface area contributed by atoms with Gasteiger partial charge in [-0.1, -0.05) is 11.6 Å². The highest BCUT2D eigenvalue weighted by Crippen LogP contribution is 2.56. The van der Waals surface area contributed by atoms with Gasteiger partial charge in [0.15, 0.2) is 0 Å². The van der Waals surface area contributed by atoms with Crippen LogP contribution in [0.4, 0.5) is 0 Å². The highest BCUT2D eigenvalue weighted by Gasteiger charge is 2.47. The standard InChI is InChI=1S/C25H31N3O3/c1-14(12-20(26)21-3-2-8-29-21)11-16-6-9-30-24(16)23(28)19-13-18(19)17-7-10-31-25(17)22(27)15-4-5-15/h2-3,6-10,12,15,18-20,22-23H,4-5,11,13,26-28H2,1H3/b14-12+/t18?,19?,20-,22-,23+/m1/s1. The van der Waals surface area contributed by atoms with E-state index in [2.05, 4.69) is 13.0 Å². The number of hydrogen-bond acceptors (Lipinski definition) is 6. The molecule has 0 spiro atoms. The molecular weight excluding hydrogens is 390 g/mol. The van der Waals surface area contributed by atoms with Crippen molar-refractivity contribution in [2.24, 2.45) is 29.0 Å². The molecule has 3 aromatic rings. The lowest BCUT2D eigenvalue weighted by atomic mass is 9.97. The van der Waals surface area contributed by atoms with Gasteiger partial charge in [-0.25, -0.2) is 0 Å². The zero-order valence-corrected chi connectivity index (χ0v) is 17.9. The third-order valence-electron chi connectivity index (χ3n) is 6.75. The van der Waals surface area contributed by atoms with Crippen LogP contribution in [0.25, 0.3) is 0 Å². The number of rotatable bonds is 9. The largest absolute Gasteiger partial charge is 0.467 e. The predicted molar refractivity (Wildman–Crippen MR) is 118 cm³/mol. The van der Waals surface area contributed by atoms with Gasteiger partial charge in [0.1, 0.15) is 17.3 Å². The SMILES string of the molecule is C/C(=C\[C@@H](N)c1ccco1)Cc1ccoc1[C@@H](N)C1CC1c1ccoc1[C@H](N)C1CC1. The Labute approximate surface area is 182 Å². The molecule has 2 aliphatic rings. The average Bonchev–Trinajstić information content (AvgIpc) is 3.55. The van der Waals surface area contributed by atoms with E-state index in [1.807, 2.05) is 24.3 Å². The van der Waals surface area contributed by atoms with Crippen molar-refractivity contribution in [3.05, 3.63) is 83.1 Å². The molecule has 2 saturated carbocycles. The molecule has 2 aliphatic carbocycles. The van der Waals surface area contributed by atoms with Crippen LogP contribution in [0.15, 0.2) is 68.0 Å². The summed E-state index contributed by atoms with van der Waals surface area (Å²) in [7, 11) is 0. The summed E-state index contributed by atoms with van der Waals surface area (Å²) in [5, 5.41) is 0. The van der Waals surface area contributed by atoms with E-state index in [1.54, 1.807) is 18.8 Å². The van der Waals surface area contributed by atoms with E-state index in [0.29, 0.717) is 17.8 Å². The van der Waals surface area contributed by atoms with Crippen LogP contribution >= 0.6 is 0 Å². The van der Waals surface area contributed by atoms with E-state index in [0.717, 1.165) is 41.3 Å². The van der Waals surface area contributed by atoms with Crippen molar-refractivity contribution in [2.75, 3.05) is 0 Å². The maximum Gasteiger partial charge on any atom is 0.124 e. The lowest BCUT2D eigenvalue weighted by Crippen LogP contribution is -2.16. The maximum absolute atomic E-state index is 6.68. The molecule has 3 aromatic heterocycles. The monoisotopic (exact) mass is 421 g/mol. The molecule has 3 heterocycles. The van der Waals surface area contributed by atoms with Gasteiger partial charge in [-0.3, -0.25) is 0 Å². The second-order valence-corrected chi connectivity index (χ2v) is 9.18. The molecule has 0 radical (unpaired) electrons. The normalized spacial score (nSPS) is 24.2. The third-order valence-corrected chi connectivity index (χ3v) is 6.75. The Hall–Kier alpha value is -2.54. The first kappa shape index (κ1) is 20.4. The minimum Gasteiger partial charge on any atom is -0.467 e. The maximum atomic E-state index is 6.68. The van der Waals surface area contributed by atoms with Crippen molar-refractivity contribution < 1.29 is 13.3 Å². The molecule has 0 saturated heterocycles. The molecule has 6 N–H and O–H groups in total. The molecule has 5 atom stereocenters. The molecule has 6 heteroatoms. The van der Waals surface area contributed by atoms with Gasteiger partial charge in [-0.05, 0) is 85.8 Å². The van der Waals surface area contributed by atoms with Gasteiger partial charge in [0.05, 0.1) is 36.9 Å². The summed E-state index contributed by atoms with van der Waals surface area (Å²) in [6, 6.07) is 7.41. The number of hydrogen-bond donors (Lipinski definition) is 3. The van der Waals surface area contributed by atoms with Gasteiger partial charge in [-0.15, -0.1) is 0 Å². The first-order chi connectivity index (χ1) is 15.0. The minimum atomic E-state index is -0.262. The van der Waals surface area contributed by atoms with Crippen LogP contribution in [0.1, 0.15) is 78.6 Å². The Bertz CT molecular complexity index is 1040. The molecule has 0 amide bonds. The topological polar surface area (TPSA) is 117 Å². The van der Waals surface area contributed by atoms with Crippen molar-refractivity contribution >= 4 is 0 Å². The van der Waals surface area contributed by atoms with Gasteiger partial charge in [0.25, 0.3) is 0 Å². The lowest BCUT2D eigenvalue weighted by Gasteiger charge is -2.14. The van der Waals surface area contributed by atoms with Crippen LogP contribution in [0.5, 0.6) is 0 Å². The molecular formula is C25H31N3O3. The van der Waals surface area contributed by atoms with E-state index < -0.39 is 0 Å². The van der Waals surface area contributed by atoms with E-state index in [9.17, 15) is 0 Å². The summed E-state index contributed by atoms with van der Waals surface area (Å²) in [5.41, 5.74) is 22.8. The second kappa shape index (κ2) is 8.19. The Kier molecular flexibility index (Phi) is 5.38. The average molecular weight is 422 g/mol. The first-order valence-electron chi connectivity index (χ1n) is 11.1. The van der Waals surface area contributed by atoms with Crippen LogP contribution in [0.3, 0.4) is 0 Å². The molecule has 2 unspecified atom stereocenters. The van der Waals surface area contributed by atoms with E-state index >= 15 is 0 Å². The molecule has 0 aromatic carbocycles. The summed E-state index contributed by atoms with van der Waals surface area (Å²) < 4.78 is 17.0. The van der Waals surface area contributed by atoms with Crippen molar-refractivity contribution in [3.8, 4) is 0 Å². The summed E-state index contributed by atoms with van der Waals surface area (Å²) >= 11 is 0. The molecule has 2 fully saturated rings. The van der Waals surface area contributed by atoms with Gasteiger partial charge in [0.2, 0.25) is 0 Å². The van der Waals surface area contributed by atoms with Gasteiger partial charge >= 0.3 is 0 Å². The lowest BCUT2D eigenvalue weighted by molar-refractivity contribution is 0.426. The molecule has 31 heavy (non-hydrogen) atoms. The Morgan fingerprint density at radius 3 is 2.52 bits per heavy atom. The number of nitrogens with two attached hydrogens (primary N) is 3. The fourth-order valence-corrected chi connectivity index (χ4v) is 4.76. The minimum absolute atomic E-state index is 0.00723. The Morgan fingerprint density at radius 1 is 1.00 bits per heavy atom. The van der Waals surface area contributed by atoms with Gasteiger partial charge in [0, 0.05) is 0 Å². The van der Waals surface area contributed by atoms with Crippen molar-refractivity contribution in [2.45, 2.75) is 56.7 Å². The van der Waals surface area contributed by atoms with Crippen molar-refractivity contribution in [1.29, 1.82) is 0 Å². The molecule has 0 aliphatic heterocycles. The van der Waals surface area contributed by atoms with Crippen LogP contribution in [0, 0.1) is 11.8 Å². The van der Waals surface area contributed by atoms with E-state index in [4.69, 9.17) is 30.5 Å². The van der Waals surface area contributed by atoms with Crippen LogP contribution in [-0.2, 0) is 6.42 Å². The number of allylic oxidation sites excluding steroid dienone is 1. The fourth-order valence-electron chi connectivity index (χ4n) is 4.76. The summed E-state index contributed by atoms with van der Waals surface area (Å²) in [5.74, 6) is 3.85. The van der Waals surface area contributed by atoms with Gasteiger partial charge < -0.3 is 30.5 Å². The summed E-state index contributed by atoms with van der Waals surface area (Å²) in [6.45, 7) is 2.07.